The van der Waals surface area contributed by atoms with Crippen LogP contribution in [0.3, 0.4) is 0 Å². The molecule has 0 spiro atoms. The molecule has 140 valence electrons. The van der Waals surface area contributed by atoms with Gasteiger partial charge in [-0.2, -0.15) is 4.31 Å². The maximum absolute atomic E-state index is 12.9. The van der Waals surface area contributed by atoms with Gasteiger partial charge in [0.15, 0.2) is 0 Å². The maximum atomic E-state index is 12.9. The third-order valence-electron chi connectivity index (χ3n) is 4.86. The predicted octanol–water partition coefficient (Wildman–Crippen LogP) is 1.45. The SMILES string of the molecule is CC1CN(C(=O)c2cc(S(=O)(=O)N3CCCCC3)cn2C)CC(C)O1. The number of ether oxygens (including phenoxy) is 1. The summed E-state index contributed by atoms with van der Waals surface area (Å²) in [6, 6.07) is 1.51. The first-order valence-corrected chi connectivity index (χ1v) is 10.3. The third kappa shape index (κ3) is 3.75. The summed E-state index contributed by atoms with van der Waals surface area (Å²) in [4.78, 5) is 14.8. The molecule has 2 aliphatic rings. The van der Waals surface area contributed by atoms with Crippen molar-refractivity contribution in [2.24, 2.45) is 7.05 Å². The lowest BCUT2D eigenvalue weighted by Gasteiger charge is -2.35. The molecule has 0 saturated carbocycles. The Bertz CT molecular complexity index is 727. The minimum Gasteiger partial charge on any atom is -0.372 e. The highest BCUT2D eigenvalue weighted by Gasteiger charge is 2.31. The number of piperidine rings is 1. The largest absolute Gasteiger partial charge is 0.372 e. The van der Waals surface area contributed by atoms with Crippen LogP contribution in [0.2, 0.25) is 0 Å². The quantitative estimate of drug-likeness (QED) is 0.808. The second-order valence-electron chi connectivity index (χ2n) is 7.10. The first kappa shape index (κ1) is 18.4. The molecular formula is C17H27N3O4S. The van der Waals surface area contributed by atoms with Crippen molar-refractivity contribution in [3.8, 4) is 0 Å². The van der Waals surface area contributed by atoms with Gasteiger partial charge in [0.05, 0.1) is 12.2 Å². The lowest BCUT2D eigenvalue weighted by Crippen LogP contribution is -2.48. The normalized spacial score (nSPS) is 26.0. The van der Waals surface area contributed by atoms with Gasteiger partial charge >= 0.3 is 0 Å². The Labute approximate surface area is 149 Å². The number of rotatable bonds is 3. The van der Waals surface area contributed by atoms with Gasteiger partial charge in [-0.1, -0.05) is 6.42 Å². The molecule has 2 saturated heterocycles. The first-order chi connectivity index (χ1) is 11.8. The zero-order valence-corrected chi connectivity index (χ0v) is 16.0. The Morgan fingerprint density at radius 2 is 1.72 bits per heavy atom. The van der Waals surface area contributed by atoms with Crippen molar-refractivity contribution in [3.63, 3.8) is 0 Å². The maximum Gasteiger partial charge on any atom is 0.270 e. The average Bonchev–Trinajstić information content (AvgIpc) is 2.96. The molecule has 0 N–H and O–H groups in total. The van der Waals surface area contributed by atoms with Crippen LogP contribution in [0.15, 0.2) is 17.2 Å². The van der Waals surface area contributed by atoms with Gasteiger partial charge in [0, 0.05) is 39.4 Å². The molecular weight excluding hydrogens is 342 g/mol. The molecule has 0 aliphatic carbocycles. The van der Waals surface area contributed by atoms with Crippen LogP contribution < -0.4 is 0 Å². The van der Waals surface area contributed by atoms with E-state index in [1.165, 1.54) is 10.4 Å². The standard InChI is InChI=1S/C17H27N3O4S/c1-13-10-19(11-14(2)24-13)17(21)16-9-15(12-18(16)3)25(22,23)20-7-5-4-6-8-20/h9,12-14H,4-8,10-11H2,1-3H3. The fourth-order valence-corrected chi connectivity index (χ4v) is 5.24. The number of nitrogens with zero attached hydrogens (tertiary/aromatic N) is 3. The van der Waals surface area contributed by atoms with Crippen molar-refractivity contribution in [2.75, 3.05) is 26.2 Å². The molecule has 3 rings (SSSR count). The van der Waals surface area contributed by atoms with Gasteiger partial charge in [-0.3, -0.25) is 4.79 Å². The topological polar surface area (TPSA) is 71.9 Å². The second kappa shape index (κ2) is 7.09. The molecule has 2 unspecified atom stereocenters. The number of aryl methyl sites for hydroxylation is 1. The Morgan fingerprint density at radius 1 is 1.12 bits per heavy atom. The van der Waals surface area contributed by atoms with E-state index in [0.29, 0.717) is 31.9 Å². The molecule has 2 aliphatic heterocycles. The summed E-state index contributed by atoms with van der Waals surface area (Å²) >= 11 is 0. The number of hydrogen-bond acceptors (Lipinski definition) is 4. The Kier molecular flexibility index (Phi) is 5.22. The fraction of sp³-hybridized carbons (Fsp3) is 0.706. The van der Waals surface area contributed by atoms with Crippen LogP contribution in [0.4, 0.5) is 0 Å². The summed E-state index contributed by atoms with van der Waals surface area (Å²) in [7, 11) is -1.81. The zero-order valence-electron chi connectivity index (χ0n) is 15.1. The average molecular weight is 369 g/mol. The van der Waals surface area contributed by atoms with Crippen molar-refractivity contribution in [2.45, 2.75) is 50.2 Å². The number of carbonyl (C=O) groups excluding carboxylic acids is 1. The molecule has 0 bridgehead atoms. The number of morpholine rings is 1. The smallest absolute Gasteiger partial charge is 0.270 e. The number of hydrogen-bond donors (Lipinski definition) is 0. The summed E-state index contributed by atoms with van der Waals surface area (Å²) in [6.07, 6.45) is 4.35. The highest BCUT2D eigenvalue weighted by molar-refractivity contribution is 7.89. The van der Waals surface area contributed by atoms with Crippen LogP contribution in [0.25, 0.3) is 0 Å². The summed E-state index contributed by atoms with van der Waals surface area (Å²) < 4.78 is 34.5. The third-order valence-corrected chi connectivity index (χ3v) is 6.72. The van der Waals surface area contributed by atoms with E-state index in [2.05, 4.69) is 0 Å². The Hall–Kier alpha value is -1.38. The van der Waals surface area contributed by atoms with Crippen molar-refractivity contribution < 1.29 is 17.9 Å². The number of sulfonamides is 1. The van der Waals surface area contributed by atoms with Gasteiger partial charge < -0.3 is 14.2 Å². The zero-order chi connectivity index (χ0) is 18.2. The van der Waals surface area contributed by atoms with Crippen molar-refractivity contribution in [1.82, 2.24) is 13.8 Å². The van der Waals surface area contributed by atoms with Crippen LogP contribution in [0.5, 0.6) is 0 Å². The van der Waals surface area contributed by atoms with E-state index >= 15 is 0 Å². The minimum absolute atomic E-state index is 0.0236. The summed E-state index contributed by atoms with van der Waals surface area (Å²) in [5.41, 5.74) is 0.400. The second-order valence-corrected chi connectivity index (χ2v) is 9.04. The van der Waals surface area contributed by atoms with E-state index in [1.807, 2.05) is 13.8 Å². The van der Waals surface area contributed by atoms with Gasteiger partial charge in [-0.15, -0.1) is 0 Å². The number of amides is 1. The molecule has 7 nitrogen and oxygen atoms in total. The van der Waals surface area contributed by atoms with Crippen molar-refractivity contribution >= 4 is 15.9 Å². The van der Waals surface area contributed by atoms with E-state index in [0.717, 1.165) is 19.3 Å². The van der Waals surface area contributed by atoms with Gasteiger partial charge in [-0.25, -0.2) is 8.42 Å². The van der Waals surface area contributed by atoms with Crippen molar-refractivity contribution in [3.05, 3.63) is 18.0 Å². The van der Waals surface area contributed by atoms with Crippen LogP contribution in [-0.2, 0) is 21.8 Å². The van der Waals surface area contributed by atoms with Gasteiger partial charge in [-0.05, 0) is 32.8 Å². The molecule has 1 aromatic heterocycles. The molecule has 1 aromatic rings. The van der Waals surface area contributed by atoms with E-state index in [-0.39, 0.29) is 23.0 Å². The number of carbonyl (C=O) groups is 1. The van der Waals surface area contributed by atoms with E-state index in [9.17, 15) is 13.2 Å². The van der Waals surface area contributed by atoms with Crippen LogP contribution in [0, 0.1) is 0 Å². The minimum atomic E-state index is -3.53. The van der Waals surface area contributed by atoms with Crippen LogP contribution >= 0.6 is 0 Å². The van der Waals surface area contributed by atoms with Crippen LogP contribution in [-0.4, -0.2) is 66.5 Å². The fourth-order valence-electron chi connectivity index (χ4n) is 3.65. The van der Waals surface area contributed by atoms with E-state index in [4.69, 9.17) is 4.74 Å². The molecule has 3 heterocycles. The molecule has 0 radical (unpaired) electrons. The summed E-state index contributed by atoms with van der Waals surface area (Å²) in [5, 5.41) is 0. The Morgan fingerprint density at radius 3 is 2.32 bits per heavy atom. The van der Waals surface area contributed by atoms with Gasteiger partial charge in [0.25, 0.3) is 5.91 Å². The molecule has 1 amide bonds. The highest BCUT2D eigenvalue weighted by Crippen LogP contribution is 2.23. The van der Waals surface area contributed by atoms with Gasteiger partial charge in [0.1, 0.15) is 10.6 Å². The van der Waals surface area contributed by atoms with Crippen LogP contribution in [0.1, 0.15) is 43.6 Å². The van der Waals surface area contributed by atoms with Gasteiger partial charge in [0.2, 0.25) is 10.0 Å². The molecule has 0 aromatic carbocycles. The summed E-state index contributed by atoms with van der Waals surface area (Å²) in [5.74, 6) is -0.149. The molecule has 2 atom stereocenters. The predicted molar refractivity (Wildman–Crippen MR) is 93.9 cm³/mol. The monoisotopic (exact) mass is 369 g/mol. The molecule has 25 heavy (non-hydrogen) atoms. The summed E-state index contributed by atoms with van der Waals surface area (Å²) in [6.45, 7) is 6.02. The van der Waals surface area contributed by atoms with Crippen molar-refractivity contribution in [1.29, 1.82) is 0 Å². The molecule has 8 heteroatoms. The van der Waals surface area contributed by atoms with E-state index < -0.39 is 10.0 Å². The number of aromatic nitrogens is 1. The molecule has 2 fully saturated rings. The lowest BCUT2D eigenvalue weighted by molar-refractivity contribution is -0.0588. The first-order valence-electron chi connectivity index (χ1n) is 8.90. The van der Waals surface area contributed by atoms with E-state index in [1.54, 1.807) is 22.7 Å². The lowest BCUT2D eigenvalue weighted by atomic mass is 10.2. The Balaban J connectivity index is 1.83. The highest BCUT2D eigenvalue weighted by atomic mass is 32.2.